The van der Waals surface area contributed by atoms with Gasteiger partial charge in [-0.05, 0) is 36.2 Å². The van der Waals surface area contributed by atoms with Gasteiger partial charge in [-0.2, -0.15) is 0 Å². The molecular formula is C18H14ClNO4S2. The maximum Gasteiger partial charge on any atom is 0.341 e. The lowest BCUT2D eigenvalue weighted by Crippen LogP contribution is -2.01. The van der Waals surface area contributed by atoms with Gasteiger partial charge in [-0.1, -0.05) is 29.8 Å². The normalized spacial score (nSPS) is 10.5. The van der Waals surface area contributed by atoms with Crippen LogP contribution in [0.2, 0.25) is 4.34 Å². The Morgan fingerprint density at radius 1 is 1.12 bits per heavy atom. The zero-order chi connectivity index (χ0) is 18.7. The molecule has 0 aliphatic heterocycles. The molecule has 3 rings (SSSR count). The molecule has 1 aromatic heterocycles. The highest BCUT2D eigenvalue weighted by Gasteiger charge is 2.14. The van der Waals surface area contributed by atoms with E-state index >= 15 is 0 Å². The van der Waals surface area contributed by atoms with Crippen LogP contribution in [0.5, 0.6) is 11.5 Å². The van der Waals surface area contributed by atoms with Gasteiger partial charge >= 0.3 is 5.97 Å². The Labute approximate surface area is 163 Å². The molecular weight excluding hydrogens is 394 g/mol. The largest absolute Gasteiger partial charge is 0.507 e. The monoisotopic (exact) mass is 407 g/mol. The van der Waals surface area contributed by atoms with Crippen molar-refractivity contribution in [2.24, 2.45) is 0 Å². The lowest BCUT2D eigenvalue weighted by molar-refractivity contribution is 0.0597. The molecule has 0 aliphatic rings. The highest BCUT2D eigenvalue weighted by molar-refractivity contribution is 8.02. The molecule has 3 N–H and O–H groups in total. The van der Waals surface area contributed by atoms with E-state index in [4.69, 9.17) is 11.6 Å². The van der Waals surface area contributed by atoms with E-state index in [1.807, 2.05) is 12.1 Å². The molecule has 0 radical (unpaired) electrons. The first-order valence-electron chi connectivity index (χ1n) is 7.41. The fourth-order valence-electron chi connectivity index (χ4n) is 2.27. The Morgan fingerprint density at radius 3 is 2.58 bits per heavy atom. The number of benzene rings is 2. The van der Waals surface area contributed by atoms with E-state index < -0.39 is 5.97 Å². The third-order valence-corrected chi connectivity index (χ3v) is 5.84. The molecule has 0 aliphatic carbocycles. The zero-order valence-electron chi connectivity index (χ0n) is 13.5. The van der Waals surface area contributed by atoms with Crippen molar-refractivity contribution in [3.63, 3.8) is 0 Å². The molecule has 134 valence electrons. The Morgan fingerprint density at radius 2 is 1.88 bits per heavy atom. The number of hydrogen-bond donors (Lipinski definition) is 3. The number of para-hydroxylation sites is 1. The number of phenolic OH excluding ortho intramolecular Hbond substituents is 2. The van der Waals surface area contributed by atoms with Gasteiger partial charge in [0.05, 0.1) is 11.3 Å². The molecule has 3 aromatic rings. The second-order valence-electron chi connectivity index (χ2n) is 5.20. The van der Waals surface area contributed by atoms with Gasteiger partial charge in [-0.3, -0.25) is 0 Å². The van der Waals surface area contributed by atoms with Crippen LogP contribution in [0.1, 0.15) is 10.4 Å². The standard InChI is InChI=1S/C18H14ClNO4S2/c1-24-18(23)12-7-6-10(8-15(12)22)20-26-16-9-13(17(19)25-16)11-4-2-3-5-14(11)21/h2-9,20-22H,1H3. The number of halogens is 1. The number of esters is 1. The molecule has 0 saturated carbocycles. The number of aromatic hydroxyl groups is 2. The smallest absolute Gasteiger partial charge is 0.341 e. The van der Waals surface area contributed by atoms with Crippen LogP contribution in [0.15, 0.2) is 52.7 Å². The average molecular weight is 408 g/mol. The van der Waals surface area contributed by atoms with E-state index in [1.165, 1.54) is 42.5 Å². The summed E-state index contributed by atoms with van der Waals surface area (Å²) in [5.41, 5.74) is 2.14. The molecule has 5 nitrogen and oxygen atoms in total. The van der Waals surface area contributed by atoms with Crippen LogP contribution >= 0.6 is 34.9 Å². The molecule has 0 unspecified atom stereocenters. The first-order valence-corrected chi connectivity index (χ1v) is 9.42. The third-order valence-electron chi connectivity index (χ3n) is 3.53. The van der Waals surface area contributed by atoms with Crippen LogP contribution in [0.3, 0.4) is 0 Å². The van der Waals surface area contributed by atoms with Crippen molar-refractivity contribution in [2.45, 2.75) is 4.21 Å². The molecule has 0 saturated heterocycles. The number of rotatable bonds is 5. The number of nitrogens with one attached hydrogen (secondary N) is 1. The predicted octanol–water partition coefficient (Wildman–Crippen LogP) is 5.39. The van der Waals surface area contributed by atoms with Crippen molar-refractivity contribution in [1.82, 2.24) is 0 Å². The van der Waals surface area contributed by atoms with Gasteiger partial charge in [-0.15, -0.1) is 11.3 Å². The van der Waals surface area contributed by atoms with E-state index in [0.717, 1.165) is 9.77 Å². The summed E-state index contributed by atoms with van der Waals surface area (Å²) >= 11 is 8.99. The second kappa shape index (κ2) is 7.90. The molecule has 8 heteroatoms. The number of carbonyl (C=O) groups excluding carboxylic acids is 1. The molecule has 2 aromatic carbocycles. The van der Waals surface area contributed by atoms with Crippen LogP contribution < -0.4 is 4.72 Å². The van der Waals surface area contributed by atoms with Crippen molar-refractivity contribution in [3.05, 3.63) is 58.4 Å². The Kier molecular flexibility index (Phi) is 5.61. The summed E-state index contributed by atoms with van der Waals surface area (Å²) in [5.74, 6) is -0.597. The predicted molar refractivity (Wildman–Crippen MR) is 105 cm³/mol. The zero-order valence-corrected chi connectivity index (χ0v) is 15.9. The summed E-state index contributed by atoms with van der Waals surface area (Å²) in [5, 5.41) is 19.9. The third kappa shape index (κ3) is 3.90. The highest BCUT2D eigenvalue weighted by Crippen LogP contribution is 2.43. The van der Waals surface area contributed by atoms with Crippen LogP contribution in [0.25, 0.3) is 11.1 Å². The van der Waals surface area contributed by atoms with Crippen LogP contribution in [0, 0.1) is 0 Å². The number of ether oxygens (including phenoxy) is 1. The average Bonchev–Trinajstić information content (AvgIpc) is 3.00. The number of phenols is 2. The van der Waals surface area contributed by atoms with Gasteiger partial charge in [0.25, 0.3) is 0 Å². The summed E-state index contributed by atoms with van der Waals surface area (Å²) in [7, 11) is 1.26. The van der Waals surface area contributed by atoms with Gasteiger partial charge in [-0.25, -0.2) is 4.79 Å². The Balaban J connectivity index is 1.75. The van der Waals surface area contributed by atoms with Gasteiger partial charge < -0.3 is 19.7 Å². The molecule has 0 atom stereocenters. The van der Waals surface area contributed by atoms with E-state index in [2.05, 4.69) is 9.46 Å². The fourth-order valence-corrected chi connectivity index (χ4v) is 4.51. The minimum absolute atomic E-state index is 0.101. The van der Waals surface area contributed by atoms with Crippen molar-refractivity contribution >= 4 is 46.5 Å². The van der Waals surface area contributed by atoms with Crippen molar-refractivity contribution in [2.75, 3.05) is 11.8 Å². The minimum Gasteiger partial charge on any atom is -0.507 e. The number of thiophene rings is 1. The topological polar surface area (TPSA) is 78.8 Å². The van der Waals surface area contributed by atoms with E-state index in [0.29, 0.717) is 15.6 Å². The fraction of sp³-hybridized carbons (Fsp3) is 0.0556. The summed E-state index contributed by atoms with van der Waals surface area (Å²) < 4.78 is 9.13. The maximum absolute atomic E-state index is 11.5. The summed E-state index contributed by atoms with van der Waals surface area (Å²) in [6, 6.07) is 13.5. The van der Waals surface area contributed by atoms with Gasteiger partial charge in [0.1, 0.15) is 21.4 Å². The number of methoxy groups -OCH3 is 1. The first-order chi connectivity index (χ1) is 12.5. The minimum atomic E-state index is -0.598. The first kappa shape index (κ1) is 18.4. The SMILES string of the molecule is COC(=O)c1ccc(NSc2cc(-c3ccccc3O)c(Cl)s2)cc1O. The van der Waals surface area contributed by atoms with E-state index in [1.54, 1.807) is 24.3 Å². The highest BCUT2D eigenvalue weighted by atomic mass is 35.5. The lowest BCUT2D eigenvalue weighted by atomic mass is 10.1. The molecule has 0 spiro atoms. The lowest BCUT2D eigenvalue weighted by Gasteiger charge is -2.07. The Hall–Kier alpha value is -2.35. The molecule has 0 fully saturated rings. The van der Waals surface area contributed by atoms with E-state index in [-0.39, 0.29) is 17.1 Å². The van der Waals surface area contributed by atoms with Crippen molar-refractivity contribution in [3.8, 4) is 22.6 Å². The van der Waals surface area contributed by atoms with Gasteiger partial charge in [0.2, 0.25) is 0 Å². The molecule has 0 bridgehead atoms. The summed E-state index contributed by atoms with van der Waals surface area (Å²) in [6.45, 7) is 0. The van der Waals surface area contributed by atoms with Gasteiger partial charge in [0.15, 0.2) is 0 Å². The number of carbonyl (C=O) groups is 1. The summed E-state index contributed by atoms with van der Waals surface area (Å²) in [6.07, 6.45) is 0. The quantitative estimate of drug-likeness (QED) is 0.389. The number of anilines is 1. The van der Waals surface area contributed by atoms with Gasteiger partial charge in [0, 0.05) is 22.9 Å². The van der Waals surface area contributed by atoms with Crippen LogP contribution in [0.4, 0.5) is 5.69 Å². The van der Waals surface area contributed by atoms with Crippen LogP contribution in [-0.2, 0) is 4.74 Å². The molecule has 1 heterocycles. The maximum atomic E-state index is 11.5. The van der Waals surface area contributed by atoms with Crippen molar-refractivity contribution < 1.29 is 19.7 Å². The molecule has 0 amide bonds. The van der Waals surface area contributed by atoms with Crippen molar-refractivity contribution in [1.29, 1.82) is 0 Å². The molecule has 26 heavy (non-hydrogen) atoms. The number of hydrogen-bond acceptors (Lipinski definition) is 7. The second-order valence-corrected chi connectivity index (χ2v) is 7.96. The van der Waals surface area contributed by atoms with E-state index in [9.17, 15) is 15.0 Å². The Bertz CT molecular complexity index is 958. The summed E-state index contributed by atoms with van der Waals surface area (Å²) in [4.78, 5) is 11.5. The van der Waals surface area contributed by atoms with Crippen LogP contribution in [-0.4, -0.2) is 23.3 Å².